The molecule has 0 unspecified atom stereocenters. The number of piperazine rings is 1. The fraction of sp³-hybridized carbons (Fsp3) is 0.810. The van der Waals surface area contributed by atoms with Gasteiger partial charge >= 0.3 is 0 Å². The van der Waals surface area contributed by atoms with Crippen molar-refractivity contribution in [2.75, 3.05) is 39.3 Å². The highest BCUT2D eigenvalue weighted by Crippen LogP contribution is 2.33. The number of amides is 1. The van der Waals surface area contributed by atoms with E-state index >= 15 is 0 Å². The minimum absolute atomic E-state index is 0.00591. The minimum atomic E-state index is -0.631. The van der Waals surface area contributed by atoms with E-state index < -0.39 is 5.92 Å². The van der Waals surface area contributed by atoms with Crippen molar-refractivity contribution in [2.45, 2.75) is 52.4 Å². The first-order chi connectivity index (χ1) is 12.9. The van der Waals surface area contributed by atoms with E-state index in [9.17, 15) is 14.4 Å². The topological polar surface area (TPSA) is 71.2 Å². The van der Waals surface area contributed by atoms with Crippen molar-refractivity contribution in [2.24, 2.45) is 22.2 Å². The number of quaternary nitrogens is 1. The van der Waals surface area contributed by atoms with Crippen LogP contribution in [0.1, 0.15) is 52.4 Å². The molecule has 0 aromatic carbocycles. The number of rotatable bonds is 5. The molecule has 0 aromatic rings. The van der Waals surface area contributed by atoms with Gasteiger partial charge in [0.1, 0.15) is 17.5 Å². The molecule has 2 saturated carbocycles. The Labute approximate surface area is 162 Å². The first-order valence-electron chi connectivity index (χ1n) is 10.5. The monoisotopic (exact) mass is 376 g/mol. The molecule has 6 nitrogen and oxygen atoms in total. The van der Waals surface area contributed by atoms with Crippen molar-refractivity contribution in [1.82, 2.24) is 4.90 Å². The van der Waals surface area contributed by atoms with Crippen LogP contribution in [0.3, 0.4) is 0 Å². The van der Waals surface area contributed by atoms with E-state index in [-0.39, 0.29) is 22.9 Å². The minimum Gasteiger partial charge on any atom is -0.331 e. The van der Waals surface area contributed by atoms with E-state index in [4.69, 9.17) is 0 Å². The predicted molar refractivity (Wildman–Crippen MR) is 104 cm³/mol. The van der Waals surface area contributed by atoms with Crippen molar-refractivity contribution in [3.05, 3.63) is 0 Å². The van der Waals surface area contributed by atoms with Gasteiger partial charge in [0.05, 0.1) is 39.3 Å². The Bertz CT molecular complexity index is 580. The van der Waals surface area contributed by atoms with Crippen LogP contribution >= 0.6 is 0 Å². The second-order valence-corrected chi connectivity index (χ2v) is 9.29. The second kappa shape index (κ2) is 8.63. The highest BCUT2D eigenvalue weighted by atomic mass is 16.2. The molecule has 0 radical (unpaired) electrons. The van der Waals surface area contributed by atoms with Gasteiger partial charge in [-0.2, -0.15) is 0 Å². The van der Waals surface area contributed by atoms with E-state index in [2.05, 4.69) is 4.99 Å². The summed E-state index contributed by atoms with van der Waals surface area (Å²) in [6, 6.07) is 0. The summed E-state index contributed by atoms with van der Waals surface area (Å²) in [5.41, 5.74) is -0.210. The van der Waals surface area contributed by atoms with Crippen LogP contribution in [-0.4, -0.2) is 67.9 Å². The van der Waals surface area contributed by atoms with Crippen LogP contribution in [0.25, 0.3) is 0 Å². The molecule has 150 valence electrons. The average Bonchev–Trinajstić information content (AvgIpc) is 3.14. The molecule has 3 rings (SSSR count). The summed E-state index contributed by atoms with van der Waals surface area (Å²) >= 11 is 0. The van der Waals surface area contributed by atoms with Crippen molar-refractivity contribution >= 4 is 23.7 Å². The van der Waals surface area contributed by atoms with Gasteiger partial charge in [-0.25, -0.2) is 0 Å². The Morgan fingerprint density at radius 1 is 1.15 bits per heavy atom. The molecular formula is C21H34N3O3+. The summed E-state index contributed by atoms with van der Waals surface area (Å²) in [7, 11) is 0. The van der Waals surface area contributed by atoms with Crippen LogP contribution in [0, 0.1) is 17.3 Å². The average molecular weight is 377 g/mol. The molecule has 27 heavy (non-hydrogen) atoms. The molecule has 2 aliphatic carbocycles. The standard InChI is InChI=1S/C21H33N3O3/c1-21(2)13-18(25)17(19(26)14-21)15-22-7-8-23-9-11-24(12-10-23)20(27)16-5-3-4-6-16/h15-17H,3-14H2,1-2H3/p+1. The van der Waals surface area contributed by atoms with Gasteiger partial charge in [-0.3, -0.25) is 19.4 Å². The van der Waals surface area contributed by atoms with Gasteiger partial charge in [0.2, 0.25) is 5.91 Å². The molecule has 1 amide bonds. The lowest BCUT2D eigenvalue weighted by Gasteiger charge is -2.33. The van der Waals surface area contributed by atoms with Gasteiger partial charge < -0.3 is 9.80 Å². The lowest BCUT2D eigenvalue weighted by Crippen LogP contribution is -3.15. The number of hydrogen-bond donors (Lipinski definition) is 1. The maximum absolute atomic E-state index is 12.5. The predicted octanol–water partition coefficient (Wildman–Crippen LogP) is 0.549. The van der Waals surface area contributed by atoms with E-state index in [0.717, 1.165) is 45.6 Å². The molecule has 0 aromatic heterocycles. The van der Waals surface area contributed by atoms with Crippen LogP contribution in [0.2, 0.25) is 0 Å². The Kier molecular flexibility index (Phi) is 6.45. The van der Waals surface area contributed by atoms with Gasteiger partial charge in [-0.15, -0.1) is 0 Å². The highest BCUT2D eigenvalue weighted by molar-refractivity contribution is 6.16. The summed E-state index contributed by atoms with van der Waals surface area (Å²) in [6.07, 6.45) is 7.02. The van der Waals surface area contributed by atoms with E-state index in [1.54, 1.807) is 6.21 Å². The third kappa shape index (κ3) is 5.24. The fourth-order valence-corrected chi connectivity index (χ4v) is 4.70. The zero-order chi connectivity index (χ0) is 19.4. The third-order valence-corrected chi connectivity index (χ3v) is 6.33. The van der Waals surface area contributed by atoms with Gasteiger partial charge in [0, 0.05) is 25.0 Å². The summed E-state index contributed by atoms with van der Waals surface area (Å²) in [4.78, 5) is 44.7. The lowest BCUT2D eigenvalue weighted by atomic mass is 9.72. The molecule has 3 aliphatic rings. The molecule has 1 aliphatic heterocycles. The van der Waals surface area contributed by atoms with E-state index in [1.807, 2.05) is 18.7 Å². The number of Topliss-reactive ketones (excluding diaryl/α,β-unsaturated/α-hetero) is 2. The molecule has 0 spiro atoms. The number of nitrogens with one attached hydrogen (secondary N) is 1. The fourth-order valence-electron chi connectivity index (χ4n) is 4.70. The maximum atomic E-state index is 12.5. The van der Waals surface area contributed by atoms with Crippen LogP contribution in [0.4, 0.5) is 0 Å². The SMILES string of the molecule is CC1(C)CC(=O)C(C=NCC[NH+]2CCN(C(=O)C3CCCC3)CC2)C(=O)C1. The third-order valence-electron chi connectivity index (χ3n) is 6.33. The van der Waals surface area contributed by atoms with Crippen molar-refractivity contribution in [3.63, 3.8) is 0 Å². The molecule has 1 saturated heterocycles. The molecule has 1 N–H and O–H groups in total. The first-order valence-corrected chi connectivity index (χ1v) is 10.5. The summed E-state index contributed by atoms with van der Waals surface area (Å²) in [6.45, 7) is 9.06. The quantitative estimate of drug-likeness (QED) is 0.563. The van der Waals surface area contributed by atoms with Crippen LogP contribution in [-0.2, 0) is 14.4 Å². The summed E-state index contributed by atoms with van der Waals surface area (Å²) in [5, 5.41) is 0. The Morgan fingerprint density at radius 2 is 1.74 bits per heavy atom. The number of hydrogen-bond acceptors (Lipinski definition) is 4. The highest BCUT2D eigenvalue weighted by Gasteiger charge is 2.38. The molecule has 1 heterocycles. The number of ketones is 2. The van der Waals surface area contributed by atoms with Gasteiger partial charge in [0.25, 0.3) is 0 Å². The van der Waals surface area contributed by atoms with Gasteiger partial charge in [0.15, 0.2) is 0 Å². The van der Waals surface area contributed by atoms with E-state index in [1.165, 1.54) is 17.7 Å². The van der Waals surface area contributed by atoms with Crippen molar-refractivity contribution in [3.8, 4) is 0 Å². The molecule has 3 fully saturated rings. The number of carbonyl (C=O) groups excluding carboxylic acids is 3. The number of nitrogens with zero attached hydrogens (tertiary/aromatic N) is 2. The zero-order valence-corrected chi connectivity index (χ0v) is 16.8. The number of aliphatic imine (C=N–C) groups is 1. The van der Waals surface area contributed by atoms with Crippen LogP contribution < -0.4 is 4.90 Å². The zero-order valence-electron chi connectivity index (χ0n) is 16.8. The lowest BCUT2D eigenvalue weighted by molar-refractivity contribution is -0.902. The van der Waals surface area contributed by atoms with Crippen molar-refractivity contribution in [1.29, 1.82) is 0 Å². The first kappa shape index (κ1) is 20.2. The Morgan fingerprint density at radius 3 is 2.33 bits per heavy atom. The molecule has 0 bridgehead atoms. The Balaban J connectivity index is 1.38. The molecule has 0 atom stereocenters. The Hall–Kier alpha value is -1.56. The molecule has 6 heteroatoms. The van der Waals surface area contributed by atoms with E-state index in [0.29, 0.717) is 25.3 Å². The smallest absolute Gasteiger partial charge is 0.226 e. The van der Waals surface area contributed by atoms with Crippen LogP contribution in [0.15, 0.2) is 4.99 Å². The van der Waals surface area contributed by atoms with Gasteiger partial charge in [-0.05, 0) is 18.3 Å². The summed E-state index contributed by atoms with van der Waals surface area (Å²) < 4.78 is 0. The number of carbonyl (C=O) groups is 3. The maximum Gasteiger partial charge on any atom is 0.226 e. The van der Waals surface area contributed by atoms with Gasteiger partial charge in [-0.1, -0.05) is 26.7 Å². The summed E-state index contributed by atoms with van der Waals surface area (Å²) in [5.74, 6) is 0.0141. The largest absolute Gasteiger partial charge is 0.331 e. The normalized spacial score (nSPS) is 25.6. The molecular weight excluding hydrogens is 342 g/mol. The second-order valence-electron chi connectivity index (χ2n) is 9.29. The van der Waals surface area contributed by atoms with Crippen LogP contribution in [0.5, 0.6) is 0 Å². The van der Waals surface area contributed by atoms with Crippen molar-refractivity contribution < 1.29 is 19.3 Å².